The minimum Gasteiger partial charge on any atom is -0.491 e. The molecule has 0 unspecified atom stereocenters. The van der Waals surface area contributed by atoms with Crippen molar-refractivity contribution in [3.05, 3.63) is 42.2 Å². The summed E-state index contributed by atoms with van der Waals surface area (Å²) in [6.45, 7) is 0.758. The van der Waals surface area contributed by atoms with Gasteiger partial charge in [0.1, 0.15) is 5.75 Å². The molecule has 3 N–H and O–H groups in total. The first-order valence-electron chi connectivity index (χ1n) is 6.37. The Morgan fingerprint density at radius 2 is 2.20 bits per heavy atom. The van der Waals surface area contributed by atoms with E-state index in [1.54, 1.807) is 23.0 Å². The summed E-state index contributed by atoms with van der Waals surface area (Å²) in [4.78, 5) is 11.7. The molecule has 1 amide bonds. The molecule has 2 rings (SSSR count). The van der Waals surface area contributed by atoms with Crippen LogP contribution in [0.4, 0.5) is 5.69 Å². The number of benzene rings is 1. The molecule has 0 bridgehead atoms. The Hall–Kier alpha value is -2.50. The number of hydrogen-bond acceptors (Lipinski definition) is 4. The molecule has 0 radical (unpaired) electrons. The first-order valence-corrected chi connectivity index (χ1v) is 6.37. The molecule has 1 aromatic heterocycles. The Bertz CT molecular complexity index is 580. The fourth-order valence-corrected chi connectivity index (χ4v) is 1.72. The Morgan fingerprint density at radius 1 is 1.40 bits per heavy atom. The molecule has 2 aromatic rings. The summed E-state index contributed by atoms with van der Waals surface area (Å²) in [6.07, 6.45) is 1.98. The molecule has 1 aromatic carbocycles. The summed E-state index contributed by atoms with van der Waals surface area (Å²) in [5, 5.41) is 6.85. The molecule has 0 atom stereocenters. The van der Waals surface area contributed by atoms with Crippen LogP contribution >= 0.6 is 0 Å². The van der Waals surface area contributed by atoms with Gasteiger partial charge in [-0.3, -0.25) is 9.48 Å². The zero-order chi connectivity index (χ0) is 14.4. The van der Waals surface area contributed by atoms with Crippen LogP contribution in [0.25, 0.3) is 0 Å². The molecule has 0 spiro atoms. The lowest BCUT2D eigenvalue weighted by molar-refractivity contribution is -0.121. The van der Waals surface area contributed by atoms with Crippen LogP contribution in [0.3, 0.4) is 0 Å². The molecule has 0 saturated heterocycles. The first kappa shape index (κ1) is 13.9. The van der Waals surface area contributed by atoms with Gasteiger partial charge in [0.25, 0.3) is 0 Å². The van der Waals surface area contributed by atoms with E-state index in [-0.39, 0.29) is 12.3 Å². The number of ether oxygens (including phenoxy) is 1. The third-order valence-electron chi connectivity index (χ3n) is 2.89. The molecule has 1 heterocycles. The van der Waals surface area contributed by atoms with Gasteiger partial charge in [-0.05, 0) is 18.2 Å². The summed E-state index contributed by atoms with van der Waals surface area (Å²) in [5.74, 6) is 0.535. The molecular formula is C14H18N4O2. The van der Waals surface area contributed by atoms with Gasteiger partial charge in [-0.15, -0.1) is 0 Å². The SMILES string of the molecule is Cn1nccc1CNC(=O)CCOc1ccccc1N. The third kappa shape index (κ3) is 3.74. The van der Waals surface area contributed by atoms with Crippen LogP contribution < -0.4 is 15.8 Å². The number of aromatic nitrogens is 2. The number of aryl methyl sites for hydroxylation is 1. The van der Waals surface area contributed by atoms with Crippen molar-refractivity contribution in [1.29, 1.82) is 0 Å². The number of nitrogens with two attached hydrogens (primary N) is 1. The summed E-state index contributed by atoms with van der Waals surface area (Å²) >= 11 is 0. The van der Waals surface area contributed by atoms with Gasteiger partial charge in [-0.1, -0.05) is 12.1 Å². The molecule has 0 aliphatic rings. The fourth-order valence-electron chi connectivity index (χ4n) is 1.72. The molecular weight excluding hydrogens is 256 g/mol. The van der Waals surface area contributed by atoms with E-state index in [2.05, 4.69) is 10.4 Å². The Kier molecular flexibility index (Phi) is 4.60. The van der Waals surface area contributed by atoms with E-state index in [0.717, 1.165) is 5.69 Å². The first-order chi connectivity index (χ1) is 9.66. The van der Waals surface area contributed by atoms with Crippen molar-refractivity contribution in [2.75, 3.05) is 12.3 Å². The number of carbonyl (C=O) groups excluding carboxylic acids is 1. The average molecular weight is 274 g/mol. The highest BCUT2D eigenvalue weighted by Gasteiger charge is 2.05. The molecule has 20 heavy (non-hydrogen) atoms. The van der Waals surface area contributed by atoms with Gasteiger partial charge in [-0.25, -0.2) is 0 Å². The van der Waals surface area contributed by atoms with Crippen molar-refractivity contribution >= 4 is 11.6 Å². The maximum absolute atomic E-state index is 11.7. The number of anilines is 1. The maximum Gasteiger partial charge on any atom is 0.223 e. The lowest BCUT2D eigenvalue weighted by atomic mass is 10.3. The number of nitrogen functional groups attached to an aromatic ring is 1. The normalized spacial score (nSPS) is 10.2. The number of carbonyl (C=O) groups is 1. The summed E-state index contributed by atoms with van der Waals surface area (Å²) < 4.78 is 7.19. The van der Waals surface area contributed by atoms with Gasteiger partial charge in [0, 0.05) is 13.2 Å². The van der Waals surface area contributed by atoms with Crippen molar-refractivity contribution < 1.29 is 9.53 Å². The van der Waals surface area contributed by atoms with E-state index >= 15 is 0 Å². The van der Waals surface area contributed by atoms with Crippen LogP contribution in [0.15, 0.2) is 36.5 Å². The molecule has 6 heteroatoms. The van der Waals surface area contributed by atoms with Crippen LogP contribution in [0.2, 0.25) is 0 Å². The van der Waals surface area contributed by atoms with Crippen LogP contribution in [0.1, 0.15) is 12.1 Å². The van der Waals surface area contributed by atoms with E-state index in [1.807, 2.05) is 25.2 Å². The van der Waals surface area contributed by atoms with E-state index < -0.39 is 0 Å². The van der Waals surface area contributed by atoms with Crippen LogP contribution in [0.5, 0.6) is 5.75 Å². The maximum atomic E-state index is 11.7. The van der Waals surface area contributed by atoms with Crippen LogP contribution in [-0.2, 0) is 18.4 Å². The van der Waals surface area contributed by atoms with Crippen molar-refractivity contribution in [2.24, 2.45) is 7.05 Å². The Morgan fingerprint density at radius 3 is 2.90 bits per heavy atom. The van der Waals surface area contributed by atoms with Gasteiger partial charge < -0.3 is 15.8 Å². The molecule has 0 aliphatic heterocycles. The van der Waals surface area contributed by atoms with Gasteiger partial charge in [0.15, 0.2) is 0 Å². The van der Waals surface area contributed by atoms with Crippen molar-refractivity contribution in [3.63, 3.8) is 0 Å². The highest BCUT2D eigenvalue weighted by molar-refractivity contribution is 5.75. The van der Waals surface area contributed by atoms with Gasteiger partial charge >= 0.3 is 0 Å². The summed E-state index contributed by atoms with van der Waals surface area (Å²) in [5.41, 5.74) is 7.26. The van der Waals surface area contributed by atoms with E-state index in [4.69, 9.17) is 10.5 Å². The number of rotatable bonds is 6. The zero-order valence-electron chi connectivity index (χ0n) is 11.4. The quantitative estimate of drug-likeness (QED) is 0.772. The van der Waals surface area contributed by atoms with Gasteiger partial charge in [0.05, 0.1) is 31.0 Å². The smallest absolute Gasteiger partial charge is 0.223 e. The fraction of sp³-hybridized carbons (Fsp3) is 0.286. The monoisotopic (exact) mass is 274 g/mol. The Labute approximate surface area is 117 Å². The van der Waals surface area contributed by atoms with E-state index in [9.17, 15) is 4.79 Å². The number of hydrogen-bond donors (Lipinski definition) is 2. The van der Waals surface area contributed by atoms with E-state index in [0.29, 0.717) is 24.6 Å². The highest BCUT2D eigenvalue weighted by Crippen LogP contribution is 2.19. The topological polar surface area (TPSA) is 82.2 Å². The predicted octanol–water partition coefficient (Wildman–Crippen LogP) is 1.09. The zero-order valence-corrected chi connectivity index (χ0v) is 11.4. The molecule has 106 valence electrons. The second kappa shape index (κ2) is 6.60. The molecule has 0 aliphatic carbocycles. The largest absolute Gasteiger partial charge is 0.491 e. The lowest BCUT2D eigenvalue weighted by Gasteiger charge is -2.09. The minimum absolute atomic E-state index is 0.0688. The standard InChI is InChI=1S/C14H18N4O2/c1-18-11(6-8-17-18)10-16-14(19)7-9-20-13-5-3-2-4-12(13)15/h2-6,8H,7,9-10,15H2,1H3,(H,16,19). The summed E-state index contributed by atoms with van der Waals surface area (Å²) in [6, 6.07) is 9.08. The number of nitrogens with zero attached hydrogens (tertiary/aromatic N) is 2. The van der Waals surface area contributed by atoms with Gasteiger partial charge in [0.2, 0.25) is 5.91 Å². The highest BCUT2D eigenvalue weighted by atomic mass is 16.5. The second-order valence-electron chi connectivity index (χ2n) is 4.36. The number of nitrogens with one attached hydrogen (secondary N) is 1. The Balaban J connectivity index is 1.71. The average Bonchev–Trinajstić information content (AvgIpc) is 2.84. The van der Waals surface area contributed by atoms with Crippen molar-refractivity contribution in [2.45, 2.75) is 13.0 Å². The van der Waals surface area contributed by atoms with Crippen molar-refractivity contribution in [1.82, 2.24) is 15.1 Å². The third-order valence-corrected chi connectivity index (χ3v) is 2.89. The second-order valence-corrected chi connectivity index (χ2v) is 4.36. The minimum atomic E-state index is -0.0688. The lowest BCUT2D eigenvalue weighted by Crippen LogP contribution is -2.25. The van der Waals surface area contributed by atoms with Gasteiger partial charge in [-0.2, -0.15) is 5.10 Å². The van der Waals surface area contributed by atoms with Crippen molar-refractivity contribution in [3.8, 4) is 5.75 Å². The summed E-state index contributed by atoms with van der Waals surface area (Å²) in [7, 11) is 1.84. The van der Waals surface area contributed by atoms with Crippen LogP contribution in [0, 0.1) is 0 Å². The molecule has 0 fully saturated rings. The van der Waals surface area contributed by atoms with E-state index in [1.165, 1.54) is 0 Å². The molecule has 0 saturated carbocycles. The number of amides is 1. The number of para-hydroxylation sites is 2. The molecule has 6 nitrogen and oxygen atoms in total. The van der Waals surface area contributed by atoms with Crippen LogP contribution in [-0.4, -0.2) is 22.3 Å². The predicted molar refractivity (Wildman–Crippen MR) is 76.0 cm³/mol.